The van der Waals surface area contributed by atoms with Crippen LogP contribution >= 0.6 is 0 Å². The van der Waals surface area contributed by atoms with Gasteiger partial charge in [0.15, 0.2) is 0 Å². The highest BCUT2D eigenvalue weighted by molar-refractivity contribution is 6.08. The first kappa shape index (κ1) is 12.4. The summed E-state index contributed by atoms with van der Waals surface area (Å²) in [4.78, 5) is 16.0. The molecule has 20 heavy (non-hydrogen) atoms. The zero-order valence-electron chi connectivity index (χ0n) is 11.2. The molecule has 1 aromatic heterocycles. The van der Waals surface area contributed by atoms with E-state index < -0.39 is 0 Å². The zero-order valence-corrected chi connectivity index (χ0v) is 11.2. The molecule has 0 radical (unpaired) electrons. The summed E-state index contributed by atoms with van der Waals surface area (Å²) in [7, 11) is 3.00. The molecule has 4 nitrogen and oxygen atoms in total. The SMILES string of the molecule is COC(=O)c1ccc2c(c1)ncc1c(OC)cccc12. The Labute approximate surface area is 115 Å². The number of hydrogen-bond acceptors (Lipinski definition) is 4. The lowest BCUT2D eigenvalue weighted by Crippen LogP contribution is -2.00. The highest BCUT2D eigenvalue weighted by Crippen LogP contribution is 2.30. The largest absolute Gasteiger partial charge is 0.496 e. The summed E-state index contributed by atoms with van der Waals surface area (Å²) in [5.41, 5.74) is 1.25. The second-order valence-electron chi connectivity index (χ2n) is 4.40. The smallest absolute Gasteiger partial charge is 0.337 e. The summed E-state index contributed by atoms with van der Waals surface area (Å²) < 4.78 is 10.1. The van der Waals surface area contributed by atoms with Crippen LogP contribution < -0.4 is 4.74 Å². The number of rotatable bonds is 2. The molecule has 0 fully saturated rings. The minimum atomic E-state index is -0.362. The zero-order chi connectivity index (χ0) is 14.1. The third kappa shape index (κ3) is 1.86. The Bertz CT molecular complexity index is 811. The van der Waals surface area contributed by atoms with E-state index in [2.05, 4.69) is 4.98 Å². The molecular weight excluding hydrogens is 254 g/mol. The Morgan fingerprint density at radius 3 is 2.65 bits per heavy atom. The molecular formula is C16H13NO3. The summed E-state index contributed by atoms with van der Waals surface area (Å²) in [5, 5.41) is 2.98. The average Bonchev–Trinajstić information content (AvgIpc) is 2.52. The van der Waals surface area contributed by atoms with Crippen LogP contribution in [-0.2, 0) is 4.74 Å². The molecule has 100 valence electrons. The minimum absolute atomic E-state index is 0.362. The number of methoxy groups -OCH3 is 2. The molecule has 0 aliphatic rings. The van der Waals surface area contributed by atoms with Gasteiger partial charge in [-0.3, -0.25) is 4.98 Å². The average molecular weight is 267 g/mol. The molecule has 1 heterocycles. The Balaban J connectivity index is 2.30. The Morgan fingerprint density at radius 1 is 1.05 bits per heavy atom. The summed E-state index contributed by atoms with van der Waals surface area (Å²) in [6.07, 6.45) is 1.76. The highest BCUT2D eigenvalue weighted by Gasteiger charge is 2.10. The molecule has 0 amide bonds. The van der Waals surface area contributed by atoms with E-state index in [4.69, 9.17) is 9.47 Å². The van der Waals surface area contributed by atoms with Gasteiger partial charge in [-0.15, -0.1) is 0 Å². The molecule has 0 aliphatic heterocycles. The molecule has 0 unspecified atom stereocenters. The molecule has 4 heteroatoms. The van der Waals surface area contributed by atoms with Crippen LogP contribution in [0.3, 0.4) is 0 Å². The van der Waals surface area contributed by atoms with Crippen molar-refractivity contribution in [3.8, 4) is 5.75 Å². The predicted molar refractivity (Wildman–Crippen MR) is 77.1 cm³/mol. The second kappa shape index (κ2) is 4.81. The van der Waals surface area contributed by atoms with E-state index in [1.54, 1.807) is 25.4 Å². The van der Waals surface area contributed by atoms with E-state index in [0.29, 0.717) is 5.56 Å². The Hall–Kier alpha value is -2.62. The number of esters is 1. The van der Waals surface area contributed by atoms with Crippen molar-refractivity contribution < 1.29 is 14.3 Å². The van der Waals surface area contributed by atoms with Crippen LogP contribution in [0.4, 0.5) is 0 Å². The van der Waals surface area contributed by atoms with Gasteiger partial charge in [0.1, 0.15) is 5.75 Å². The van der Waals surface area contributed by atoms with Gasteiger partial charge in [-0.2, -0.15) is 0 Å². The van der Waals surface area contributed by atoms with Crippen LogP contribution in [0.15, 0.2) is 42.6 Å². The molecule has 2 aromatic carbocycles. The van der Waals surface area contributed by atoms with E-state index in [9.17, 15) is 4.79 Å². The number of ether oxygens (including phenoxy) is 2. The van der Waals surface area contributed by atoms with E-state index in [1.807, 2.05) is 24.3 Å². The van der Waals surface area contributed by atoms with E-state index in [0.717, 1.165) is 27.4 Å². The molecule has 0 atom stereocenters. The minimum Gasteiger partial charge on any atom is -0.496 e. The molecule has 0 saturated heterocycles. The summed E-state index contributed by atoms with van der Waals surface area (Å²) in [5.74, 6) is 0.424. The number of nitrogens with zero attached hydrogens (tertiary/aromatic N) is 1. The molecule has 0 aliphatic carbocycles. The van der Waals surface area contributed by atoms with Crippen molar-refractivity contribution in [3.63, 3.8) is 0 Å². The summed E-state index contributed by atoms with van der Waals surface area (Å²) >= 11 is 0. The van der Waals surface area contributed by atoms with Crippen molar-refractivity contribution in [3.05, 3.63) is 48.2 Å². The summed E-state index contributed by atoms with van der Waals surface area (Å²) in [6, 6.07) is 11.2. The van der Waals surface area contributed by atoms with Crippen LogP contribution in [0.25, 0.3) is 21.7 Å². The first-order valence-corrected chi connectivity index (χ1v) is 6.18. The molecule has 0 bridgehead atoms. The number of aromatic nitrogens is 1. The topological polar surface area (TPSA) is 48.4 Å². The van der Waals surface area contributed by atoms with Crippen LogP contribution in [-0.4, -0.2) is 25.2 Å². The van der Waals surface area contributed by atoms with E-state index in [1.165, 1.54) is 7.11 Å². The number of hydrogen-bond donors (Lipinski definition) is 0. The van der Waals surface area contributed by atoms with Crippen molar-refractivity contribution in [2.24, 2.45) is 0 Å². The quantitative estimate of drug-likeness (QED) is 0.528. The standard InChI is InChI=1S/C16H13NO3/c1-19-15-5-3-4-11-12-7-6-10(16(18)20-2)8-14(12)17-9-13(11)15/h3-9H,1-2H3. The maximum atomic E-state index is 11.6. The monoisotopic (exact) mass is 267 g/mol. The van der Waals surface area contributed by atoms with Gasteiger partial charge in [0.05, 0.1) is 25.3 Å². The Morgan fingerprint density at radius 2 is 1.90 bits per heavy atom. The number of carbonyl (C=O) groups is 1. The molecule has 3 rings (SSSR count). The van der Waals surface area contributed by atoms with E-state index in [-0.39, 0.29) is 5.97 Å². The fourth-order valence-corrected chi connectivity index (χ4v) is 2.34. The van der Waals surface area contributed by atoms with Crippen LogP contribution in [0.2, 0.25) is 0 Å². The van der Waals surface area contributed by atoms with Crippen molar-refractivity contribution in [1.29, 1.82) is 0 Å². The normalized spacial score (nSPS) is 10.7. The lowest BCUT2D eigenvalue weighted by molar-refractivity contribution is 0.0601. The van der Waals surface area contributed by atoms with Gasteiger partial charge in [0, 0.05) is 17.0 Å². The molecule has 0 N–H and O–H groups in total. The number of pyridine rings is 1. The van der Waals surface area contributed by atoms with Crippen LogP contribution in [0.5, 0.6) is 5.75 Å². The molecule has 0 spiro atoms. The van der Waals surface area contributed by atoms with Crippen molar-refractivity contribution in [2.45, 2.75) is 0 Å². The predicted octanol–water partition coefficient (Wildman–Crippen LogP) is 3.18. The maximum Gasteiger partial charge on any atom is 0.337 e. The first-order valence-electron chi connectivity index (χ1n) is 6.18. The highest BCUT2D eigenvalue weighted by atomic mass is 16.5. The van der Waals surface area contributed by atoms with Crippen molar-refractivity contribution in [1.82, 2.24) is 4.98 Å². The summed E-state index contributed by atoms with van der Waals surface area (Å²) in [6.45, 7) is 0. The van der Waals surface area contributed by atoms with Gasteiger partial charge < -0.3 is 9.47 Å². The van der Waals surface area contributed by atoms with Crippen molar-refractivity contribution in [2.75, 3.05) is 14.2 Å². The van der Waals surface area contributed by atoms with Gasteiger partial charge >= 0.3 is 5.97 Å². The second-order valence-corrected chi connectivity index (χ2v) is 4.40. The van der Waals surface area contributed by atoms with Crippen molar-refractivity contribution >= 4 is 27.6 Å². The van der Waals surface area contributed by atoms with Gasteiger partial charge in [0.2, 0.25) is 0 Å². The molecule has 0 saturated carbocycles. The van der Waals surface area contributed by atoms with Gasteiger partial charge in [-0.05, 0) is 23.6 Å². The number of carbonyl (C=O) groups excluding carboxylic acids is 1. The first-order chi connectivity index (χ1) is 9.74. The van der Waals surface area contributed by atoms with Gasteiger partial charge in [-0.25, -0.2) is 4.79 Å². The third-order valence-corrected chi connectivity index (χ3v) is 3.33. The van der Waals surface area contributed by atoms with Gasteiger partial charge in [0.25, 0.3) is 0 Å². The fraction of sp³-hybridized carbons (Fsp3) is 0.125. The van der Waals surface area contributed by atoms with Crippen LogP contribution in [0.1, 0.15) is 10.4 Å². The third-order valence-electron chi connectivity index (χ3n) is 3.33. The maximum absolute atomic E-state index is 11.6. The lowest BCUT2D eigenvalue weighted by Gasteiger charge is -2.08. The lowest BCUT2D eigenvalue weighted by atomic mass is 10.0. The fourth-order valence-electron chi connectivity index (χ4n) is 2.34. The number of fused-ring (bicyclic) bond motifs is 3. The Kier molecular flexibility index (Phi) is 2.99. The molecule has 3 aromatic rings. The van der Waals surface area contributed by atoms with E-state index >= 15 is 0 Å². The number of benzene rings is 2. The van der Waals surface area contributed by atoms with Gasteiger partial charge in [-0.1, -0.05) is 18.2 Å². The van der Waals surface area contributed by atoms with Crippen LogP contribution in [0, 0.1) is 0 Å².